The van der Waals surface area contributed by atoms with Crippen molar-refractivity contribution in [3.63, 3.8) is 0 Å². The van der Waals surface area contributed by atoms with E-state index in [1.54, 1.807) is 12.1 Å². The van der Waals surface area contributed by atoms with E-state index in [1.807, 2.05) is 26.0 Å². The smallest absolute Gasteiger partial charge is 0.344 e. The Kier molecular flexibility index (Phi) is 7.35. The lowest BCUT2D eigenvalue weighted by atomic mass is 10.0. The zero-order valence-corrected chi connectivity index (χ0v) is 17.2. The molecule has 0 radical (unpaired) electrons. The molecular formula is C20H24N2O6S. The number of anilines is 1. The molecule has 29 heavy (non-hydrogen) atoms. The minimum Gasteiger partial charge on any atom is -0.482 e. The number of hydrogen-bond donors (Lipinski definition) is 2. The van der Waals surface area contributed by atoms with Gasteiger partial charge in [0.1, 0.15) is 5.75 Å². The first-order valence-electron chi connectivity index (χ1n) is 8.93. The molecule has 3 N–H and O–H groups in total. The molecule has 8 nitrogen and oxygen atoms in total. The lowest BCUT2D eigenvalue weighted by molar-refractivity contribution is -0.155. The van der Waals surface area contributed by atoms with Crippen molar-refractivity contribution in [3.05, 3.63) is 54.1 Å². The van der Waals surface area contributed by atoms with E-state index in [0.29, 0.717) is 5.75 Å². The van der Waals surface area contributed by atoms with Gasteiger partial charge in [-0.05, 0) is 42.7 Å². The lowest BCUT2D eigenvalue weighted by Gasteiger charge is -2.16. The first-order chi connectivity index (χ1) is 13.6. The third-order valence-corrected chi connectivity index (χ3v) is 4.91. The molecule has 1 amide bonds. The zero-order chi connectivity index (χ0) is 21.6. The molecule has 2 aromatic rings. The van der Waals surface area contributed by atoms with Crippen LogP contribution in [0.15, 0.2) is 53.4 Å². The topological polar surface area (TPSA) is 125 Å². The molecule has 0 bridgehead atoms. The molecule has 0 heterocycles. The van der Waals surface area contributed by atoms with E-state index in [9.17, 15) is 18.0 Å². The van der Waals surface area contributed by atoms with Gasteiger partial charge in [0, 0.05) is 5.69 Å². The van der Waals surface area contributed by atoms with Gasteiger partial charge < -0.3 is 14.8 Å². The van der Waals surface area contributed by atoms with Gasteiger partial charge in [0.15, 0.2) is 12.7 Å². The molecule has 0 aliphatic carbocycles. The van der Waals surface area contributed by atoms with E-state index in [1.165, 1.54) is 31.2 Å². The summed E-state index contributed by atoms with van der Waals surface area (Å²) >= 11 is 0. The molecule has 0 aromatic heterocycles. The minimum atomic E-state index is -3.90. The number of ether oxygens (including phenoxy) is 2. The summed E-state index contributed by atoms with van der Waals surface area (Å²) in [7, 11) is -3.90. The molecule has 2 rings (SSSR count). The van der Waals surface area contributed by atoms with E-state index in [2.05, 4.69) is 5.32 Å². The van der Waals surface area contributed by atoms with Crippen molar-refractivity contribution < 1.29 is 27.5 Å². The molecule has 0 fully saturated rings. The van der Waals surface area contributed by atoms with Gasteiger partial charge in [0.2, 0.25) is 10.0 Å². The Morgan fingerprint density at radius 2 is 1.76 bits per heavy atom. The highest BCUT2D eigenvalue weighted by atomic mass is 32.2. The number of amides is 1. The molecule has 0 saturated heterocycles. The summed E-state index contributed by atoms with van der Waals surface area (Å²) in [4.78, 5) is 24.1. The number of nitrogens with one attached hydrogen (secondary N) is 1. The van der Waals surface area contributed by atoms with E-state index < -0.39 is 28.0 Å². The van der Waals surface area contributed by atoms with E-state index in [0.717, 1.165) is 5.56 Å². The summed E-state index contributed by atoms with van der Waals surface area (Å²) in [5.41, 5.74) is 1.17. The average Bonchev–Trinajstić information content (AvgIpc) is 2.66. The summed E-state index contributed by atoms with van der Waals surface area (Å²) < 4.78 is 33.4. The largest absolute Gasteiger partial charge is 0.482 e. The van der Waals surface area contributed by atoms with Crippen molar-refractivity contribution >= 4 is 27.6 Å². The third-order valence-electron chi connectivity index (χ3n) is 3.99. The van der Waals surface area contributed by atoms with Gasteiger partial charge in [-0.25, -0.2) is 18.4 Å². The lowest BCUT2D eigenvalue weighted by Crippen LogP contribution is -2.31. The van der Waals surface area contributed by atoms with Crippen LogP contribution in [0.5, 0.6) is 5.75 Å². The second-order valence-corrected chi connectivity index (χ2v) is 8.24. The predicted molar refractivity (Wildman–Crippen MR) is 108 cm³/mol. The molecule has 0 aliphatic rings. The Balaban J connectivity index is 1.92. The quantitative estimate of drug-likeness (QED) is 0.632. The van der Waals surface area contributed by atoms with Crippen LogP contribution in [-0.4, -0.2) is 33.0 Å². The van der Waals surface area contributed by atoms with Gasteiger partial charge in [-0.2, -0.15) is 0 Å². The van der Waals surface area contributed by atoms with Crippen molar-refractivity contribution in [3.8, 4) is 5.75 Å². The molecule has 2 aromatic carbocycles. The summed E-state index contributed by atoms with van der Waals surface area (Å²) in [6, 6.07) is 12.8. The van der Waals surface area contributed by atoms with Crippen LogP contribution in [0.1, 0.15) is 32.3 Å². The number of benzene rings is 2. The monoisotopic (exact) mass is 420 g/mol. The molecule has 0 unspecified atom stereocenters. The van der Waals surface area contributed by atoms with Gasteiger partial charge in [-0.15, -0.1) is 0 Å². The van der Waals surface area contributed by atoms with Crippen molar-refractivity contribution in [2.24, 2.45) is 5.14 Å². The first-order valence-corrected chi connectivity index (χ1v) is 10.5. The summed E-state index contributed by atoms with van der Waals surface area (Å²) in [6.45, 7) is 5.08. The highest BCUT2D eigenvalue weighted by Crippen LogP contribution is 2.25. The van der Waals surface area contributed by atoms with E-state index in [4.69, 9.17) is 14.6 Å². The van der Waals surface area contributed by atoms with Gasteiger partial charge >= 0.3 is 5.97 Å². The van der Waals surface area contributed by atoms with Gasteiger partial charge in [0.05, 0.1) is 4.90 Å². The fourth-order valence-corrected chi connectivity index (χ4v) is 3.06. The number of rotatable bonds is 8. The first kappa shape index (κ1) is 22.4. The number of esters is 1. The fourth-order valence-electron chi connectivity index (χ4n) is 2.51. The number of para-hydroxylation sites is 1. The van der Waals surface area contributed by atoms with Crippen molar-refractivity contribution in [1.29, 1.82) is 0 Å². The van der Waals surface area contributed by atoms with E-state index in [-0.39, 0.29) is 23.1 Å². The normalized spacial score (nSPS) is 12.3. The summed E-state index contributed by atoms with van der Waals surface area (Å²) in [6.07, 6.45) is -1.11. The fraction of sp³-hybridized carbons (Fsp3) is 0.300. The molecule has 1 atom stereocenters. The molecular weight excluding hydrogens is 396 g/mol. The maximum atomic E-state index is 12.2. The Labute approximate surface area is 170 Å². The van der Waals surface area contributed by atoms with Gasteiger partial charge in [-0.1, -0.05) is 38.1 Å². The van der Waals surface area contributed by atoms with Gasteiger partial charge in [-0.3, -0.25) is 4.79 Å². The Morgan fingerprint density at radius 1 is 1.07 bits per heavy atom. The molecule has 0 spiro atoms. The maximum absolute atomic E-state index is 12.2. The maximum Gasteiger partial charge on any atom is 0.344 e. The standard InChI is InChI=1S/C20H24N2O6S/c1-13(2)17-9-4-5-10-18(17)27-12-19(23)28-14(3)20(24)22-15-7-6-8-16(11-15)29(21,25)26/h4-11,13-14H,12H2,1-3H3,(H,22,24)(H2,21,25,26)/t14-/m0/s1. The van der Waals surface area contributed by atoms with Crippen molar-refractivity contribution in [2.45, 2.75) is 37.7 Å². The molecule has 0 saturated carbocycles. The number of nitrogens with two attached hydrogens (primary N) is 1. The Morgan fingerprint density at radius 3 is 2.41 bits per heavy atom. The third kappa shape index (κ3) is 6.58. The minimum absolute atomic E-state index is 0.142. The van der Waals surface area contributed by atoms with Gasteiger partial charge in [0.25, 0.3) is 5.91 Å². The van der Waals surface area contributed by atoms with Crippen LogP contribution in [0.3, 0.4) is 0 Å². The number of sulfonamides is 1. The molecule has 156 valence electrons. The van der Waals surface area contributed by atoms with Crippen LogP contribution in [0.4, 0.5) is 5.69 Å². The van der Waals surface area contributed by atoms with Crippen LogP contribution < -0.4 is 15.2 Å². The van der Waals surface area contributed by atoms with Crippen LogP contribution in [0.25, 0.3) is 0 Å². The second-order valence-electron chi connectivity index (χ2n) is 6.68. The SMILES string of the molecule is CC(C)c1ccccc1OCC(=O)O[C@@H](C)C(=O)Nc1cccc(S(N)(=O)=O)c1. The van der Waals surface area contributed by atoms with Crippen LogP contribution in [0, 0.1) is 0 Å². The molecule has 0 aliphatic heterocycles. The van der Waals surface area contributed by atoms with Crippen LogP contribution in [-0.2, 0) is 24.3 Å². The zero-order valence-electron chi connectivity index (χ0n) is 16.4. The van der Waals surface area contributed by atoms with Crippen LogP contribution >= 0.6 is 0 Å². The molecule has 9 heteroatoms. The summed E-state index contributed by atoms with van der Waals surface area (Å²) in [5.74, 6) is -0.520. The van der Waals surface area contributed by atoms with Crippen molar-refractivity contribution in [2.75, 3.05) is 11.9 Å². The predicted octanol–water partition coefficient (Wildman–Crippen LogP) is 2.41. The van der Waals surface area contributed by atoms with Crippen LogP contribution in [0.2, 0.25) is 0 Å². The van der Waals surface area contributed by atoms with E-state index >= 15 is 0 Å². The Hall–Kier alpha value is -2.91. The highest BCUT2D eigenvalue weighted by molar-refractivity contribution is 7.89. The number of carbonyl (C=O) groups is 2. The average molecular weight is 420 g/mol. The second kappa shape index (κ2) is 9.53. The number of primary sulfonamides is 1. The Bertz CT molecular complexity index is 988. The summed E-state index contributed by atoms with van der Waals surface area (Å²) in [5, 5.41) is 7.55. The highest BCUT2D eigenvalue weighted by Gasteiger charge is 2.19. The van der Waals surface area contributed by atoms with Crippen molar-refractivity contribution in [1.82, 2.24) is 0 Å². The number of carbonyl (C=O) groups excluding carboxylic acids is 2. The number of hydrogen-bond acceptors (Lipinski definition) is 6.